The van der Waals surface area contributed by atoms with Crippen molar-refractivity contribution < 1.29 is 0 Å². The monoisotopic (exact) mass is 388 g/mol. The molecule has 26 heavy (non-hydrogen) atoms. The summed E-state index contributed by atoms with van der Waals surface area (Å²) in [5.41, 5.74) is 7.87. The summed E-state index contributed by atoms with van der Waals surface area (Å²) in [7, 11) is 0. The number of halogens is 2. The van der Waals surface area contributed by atoms with Crippen LogP contribution in [0, 0.1) is 0 Å². The Morgan fingerprint density at radius 3 is 2.73 bits per heavy atom. The van der Waals surface area contributed by atoms with Crippen molar-refractivity contribution in [2.24, 2.45) is 10.7 Å². The topological polar surface area (TPSA) is 81.1 Å². The molecule has 134 valence electrons. The number of para-hydroxylation sites is 1. The molecule has 0 radical (unpaired) electrons. The quantitative estimate of drug-likeness (QED) is 0.515. The van der Waals surface area contributed by atoms with E-state index >= 15 is 0 Å². The highest BCUT2D eigenvalue weighted by atomic mass is 35.5. The summed E-state index contributed by atoms with van der Waals surface area (Å²) in [5.74, 6) is 0.990. The summed E-state index contributed by atoms with van der Waals surface area (Å²) in [6.45, 7) is 2.25. The zero-order valence-electron chi connectivity index (χ0n) is 14.1. The zero-order valence-corrected chi connectivity index (χ0v) is 15.6. The number of rotatable bonds is 5. The Kier molecular flexibility index (Phi) is 5.75. The number of hydrogen-bond donors (Lipinski definition) is 2. The molecule has 1 aromatic heterocycles. The van der Waals surface area contributed by atoms with Crippen LogP contribution >= 0.6 is 23.2 Å². The van der Waals surface area contributed by atoms with E-state index in [9.17, 15) is 0 Å². The van der Waals surface area contributed by atoms with Gasteiger partial charge in [-0.1, -0.05) is 47.5 Å². The lowest BCUT2D eigenvalue weighted by atomic mass is 10.1. The predicted octanol–water partition coefficient (Wildman–Crippen LogP) is 3.74. The van der Waals surface area contributed by atoms with Gasteiger partial charge >= 0.3 is 0 Å². The number of guanidine groups is 1. The summed E-state index contributed by atoms with van der Waals surface area (Å²) < 4.78 is 1.87. The number of aliphatic imine (C=N–C) groups is 1. The molecule has 1 heterocycles. The second-order valence-corrected chi connectivity index (χ2v) is 6.53. The largest absolute Gasteiger partial charge is 0.370 e. The van der Waals surface area contributed by atoms with Crippen LogP contribution in [0.2, 0.25) is 10.0 Å². The molecule has 1 atom stereocenters. The van der Waals surface area contributed by atoms with Gasteiger partial charge in [0.05, 0.1) is 6.04 Å². The smallest absolute Gasteiger partial charge is 0.189 e. The fourth-order valence-corrected chi connectivity index (χ4v) is 3.10. The van der Waals surface area contributed by atoms with Crippen LogP contribution in [0.25, 0.3) is 5.69 Å². The van der Waals surface area contributed by atoms with Gasteiger partial charge in [0.15, 0.2) is 11.8 Å². The summed E-state index contributed by atoms with van der Waals surface area (Å²) >= 11 is 12.2. The number of nitrogens with two attached hydrogens (primary N) is 1. The zero-order chi connectivity index (χ0) is 18.5. The van der Waals surface area contributed by atoms with Crippen molar-refractivity contribution in [1.82, 2.24) is 20.1 Å². The first kappa shape index (κ1) is 18.2. The van der Waals surface area contributed by atoms with E-state index in [4.69, 9.17) is 28.9 Å². The van der Waals surface area contributed by atoms with E-state index in [0.717, 1.165) is 11.3 Å². The average molecular weight is 389 g/mol. The molecular formula is C18H18Cl2N6. The van der Waals surface area contributed by atoms with Gasteiger partial charge in [0.2, 0.25) is 0 Å². The summed E-state index contributed by atoms with van der Waals surface area (Å²) in [6.07, 6.45) is 1.65. The molecule has 2 aromatic carbocycles. The Labute approximate surface area is 161 Å². The number of aromatic nitrogens is 3. The Hall–Kier alpha value is -2.57. The van der Waals surface area contributed by atoms with Crippen molar-refractivity contribution in [3.05, 3.63) is 76.3 Å². The van der Waals surface area contributed by atoms with E-state index in [1.807, 2.05) is 47.9 Å². The fourth-order valence-electron chi connectivity index (χ4n) is 2.52. The molecule has 6 nitrogen and oxygen atoms in total. The number of nitrogens with zero attached hydrogens (tertiary/aromatic N) is 4. The molecule has 0 aliphatic carbocycles. The maximum atomic E-state index is 6.23. The number of benzene rings is 2. The van der Waals surface area contributed by atoms with Crippen LogP contribution in [0.1, 0.15) is 24.4 Å². The van der Waals surface area contributed by atoms with Crippen LogP contribution in [-0.4, -0.2) is 20.7 Å². The first-order chi connectivity index (χ1) is 12.5. The van der Waals surface area contributed by atoms with Crippen LogP contribution in [0.5, 0.6) is 0 Å². The minimum Gasteiger partial charge on any atom is -0.370 e. The maximum absolute atomic E-state index is 6.23. The molecule has 0 saturated heterocycles. The standard InChI is InChI=1S/C18H18Cl2N6/c1-12(15-8-7-13(19)9-16(15)20)24-18(21)22-10-17-25-23-11-26(17)14-5-3-2-4-6-14/h2-9,11-12H,10H2,1H3,(H3,21,22,24). The lowest BCUT2D eigenvalue weighted by Crippen LogP contribution is -2.34. The van der Waals surface area contributed by atoms with Gasteiger partial charge in [0.25, 0.3) is 0 Å². The highest BCUT2D eigenvalue weighted by molar-refractivity contribution is 6.35. The molecule has 0 spiro atoms. The molecule has 1 unspecified atom stereocenters. The minimum absolute atomic E-state index is 0.115. The third kappa shape index (κ3) is 4.33. The van der Waals surface area contributed by atoms with Crippen LogP contribution in [0.3, 0.4) is 0 Å². The highest BCUT2D eigenvalue weighted by Crippen LogP contribution is 2.25. The van der Waals surface area contributed by atoms with Gasteiger partial charge in [0.1, 0.15) is 12.9 Å². The molecule has 0 bridgehead atoms. The molecule has 3 N–H and O–H groups in total. The normalized spacial score (nSPS) is 12.8. The van der Waals surface area contributed by atoms with E-state index < -0.39 is 0 Å². The lowest BCUT2D eigenvalue weighted by molar-refractivity contribution is 0.705. The van der Waals surface area contributed by atoms with Gasteiger partial charge in [-0.15, -0.1) is 10.2 Å². The van der Waals surface area contributed by atoms with E-state index in [1.54, 1.807) is 18.5 Å². The Morgan fingerprint density at radius 2 is 2.00 bits per heavy atom. The van der Waals surface area contributed by atoms with Crippen molar-refractivity contribution in [1.29, 1.82) is 0 Å². The molecule has 0 aliphatic rings. The lowest BCUT2D eigenvalue weighted by Gasteiger charge is -2.16. The second-order valence-electron chi connectivity index (χ2n) is 5.69. The maximum Gasteiger partial charge on any atom is 0.189 e. The van der Waals surface area contributed by atoms with Gasteiger partial charge in [-0.05, 0) is 36.8 Å². The van der Waals surface area contributed by atoms with E-state index in [-0.39, 0.29) is 6.04 Å². The third-order valence-electron chi connectivity index (χ3n) is 3.84. The average Bonchev–Trinajstić information content (AvgIpc) is 3.09. The Bertz CT molecular complexity index is 907. The molecular weight excluding hydrogens is 371 g/mol. The third-order valence-corrected chi connectivity index (χ3v) is 4.40. The first-order valence-corrected chi connectivity index (χ1v) is 8.76. The van der Waals surface area contributed by atoms with Gasteiger partial charge in [-0.3, -0.25) is 4.57 Å². The van der Waals surface area contributed by atoms with Crippen molar-refractivity contribution in [3.8, 4) is 5.69 Å². The highest BCUT2D eigenvalue weighted by Gasteiger charge is 2.11. The van der Waals surface area contributed by atoms with E-state index in [2.05, 4.69) is 20.5 Å². The fraction of sp³-hybridized carbons (Fsp3) is 0.167. The van der Waals surface area contributed by atoms with E-state index in [0.29, 0.717) is 28.4 Å². The first-order valence-electron chi connectivity index (χ1n) is 8.00. The minimum atomic E-state index is -0.115. The molecule has 0 fully saturated rings. The van der Waals surface area contributed by atoms with Crippen LogP contribution < -0.4 is 11.1 Å². The SMILES string of the molecule is CC(NC(N)=NCc1nncn1-c1ccccc1)c1ccc(Cl)cc1Cl. The second kappa shape index (κ2) is 8.21. The van der Waals surface area contributed by atoms with Gasteiger partial charge in [-0.2, -0.15) is 0 Å². The van der Waals surface area contributed by atoms with Crippen LogP contribution in [0.4, 0.5) is 0 Å². The molecule has 0 aliphatic heterocycles. The van der Waals surface area contributed by atoms with Crippen molar-refractivity contribution in [3.63, 3.8) is 0 Å². The summed E-state index contributed by atoms with van der Waals surface area (Å²) in [4.78, 5) is 4.36. The summed E-state index contributed by atoms with van der Waals surface area (Å²) in [6, 6.07) is 15.1. The van der Waals surface area contributed by atoms with Crippen molar-refractivity contribution >= 4 is 29.2 Å². The van der Waals surface area contributed by atoms with Gasteiger partial charge in [0, 0.05) is 15.7 Å². The van der Waals surface area contributed by atoms with Crippen molar-refractivity contribution in [2.45, 2.75) is 19.5 Å². The summed E-state index contributed by atoms with van der Waals surface area (Å²) in [5, 5.41) is 12.4. The molecule has 0 amide bonds. The van der Waals surface area contributed by atoms with Crippen molar-refractivity contribution in [2.75, 3.05) is 0 Å². The number of hydrogen-bond acceptors (Lipinski definition) is 3. The van der Waals surface area contributed by atoms with Gasteiger partial charge < -0.3 is 11.1 Å². The Balaban J connectivity index is 1.69. The van der Waals surface area contributed by atoms with Crippen LogP contribution in [-0.2, 0) is 6.54 Å². The molecule has 8 heteroatoms. The van der Waals surface area contributed by atoms with E-state index in [1.165, 1.54) is 0 Å². The predicted molar refractivity (Wildman–Crippen MR) is 105 cm³/mol. The van der Waals surface area contributed by atoms with Crippen LogP contribution in [0.15, 0.2) is 59.9 Å². The molecule has 3 aromatic rings. The van der Waals surface area contributed by atoms with Gasteiger partial charge in [-0.25, -0.2) is 4.99 Å². The molecule has 3 rings (SSSR count). The molecule has 0 saturated carbocycles. The Morgan fingerprint density at radius 1 is 1.23 bits per heavy atom. The number of nitrogens with one attached hydrogen (secondary N) is 1.